The van der Waals surface area contributed by atoms with Gasteiger partial charge in [-0.05, 0) is 35.9 Å². The quantitative estimate of drug-likeness (QED) is 0.750. The molecule has 116 valence electrons. The van der Waals surface area contributed by atoms with Crippen LogP contribution in [0.4, 0.5) is 0 Å². The summed E-state index contributed by atoms with van der Waals surface area (Å²) in [6.07, 6.45) is -0.763. The summed E-state index contributed by atoms with van der Waals surface area (Å²) in [5, 5.41) is 10.7. The maximum Gasteiger partial charge on any atom is 0.133 e. The van der Waals surface area contributed by atoms with Gasteiger partial charge in [0.05, 0.1) is 7.11 Å². The summed E-state index contributed by atoms with van der Waals surface area (Å²) in [5.74, 6) is 2.14. The largest absolute Gasteiger partial charge is 0.497 e. The molecule has 0 aliphatic carbocycles. The van der Waals surface area contributed by atoms with E-state index in [0.29, 0.717) is 5.75 Å². The number of hydrogen-bond donors (Lipinski definition) is 1. The summed E-state index contributed by atoms with van der Waals surface area (Å²) in [4.78, 5) is 0. The average Bonchev–Trinajstić information content (AvgIpc) is 2.62. The monoisotopic (exact) mass is 306 g/mol. The van der Waals surface area contributed by atoms with Gasteiger partial charge in [0, 0.05) is 5.56 Å². The molecule has 0 radical (unpaired) electrons. The van der Waals surface area contributed by atoms with E-state index in [4.69, 9.17) is 9.47 Å². The smallest absolute Gasteiger partial charge is 0.133 e. The summed E-state index contributed by atoms with van der Waals surface area (Å²) in [6.45, 7) is 0. The Balaban J connectivity index is 1.89. The molecule has 0 fully saturated rings. The second-order valence-corrected chi connectivity index (χ2v) is 5.13. The lowest BCUT2D eigenvalue weighted by molar-refractivity contribution is 0.216. The van der Waals surface area contributed by atoms with Crippen LogP contribution in [0.1, 0.15) is 17.2 Å². The topological polar surface area (TPSA) is 38.7 Å². The summed E-state index contributed by atoms with van der Waals surface area (Å²) >= 11 is 0. The number of hydrogen-bond acceptors (Lipinski definition) is 3. The maximum absolute atomic E-state index is 10.7. The summed E-state index contributed by atoms with van der Waals surface area (Å²) in [6, 6.07) is 24.4. The molecule has 0 aliphatic heterocycles. The van der Waals surface area contributed by atoms with Gasteiger partial charge in [-0.25, -0.2) is 0 Å². The normalized spacial score (nSPS) is 11.7. The van der Waals surface area contributed by atoms with E-state index in [-0.39, 0.29) is 0 Å². The van der Waals surface area contributed by atoms with Crippen LogP contribution < -0.4 is 9.47 Å². The number of aliphatic hydroxyl groups excluding tert-OH is 1. The van der Waals surface area contributed by atoms with E-state index < -0.39 is 6.10 Å². The van der Waals surface area contributed by atoms with Crippen LogP contribution in [0.2, 0.25) is 0 Å². The van der Waals surface area contributed by atoms with E-state index in [9.17, 15) is 5.11 Å². The van der Waals surface area contributed by atoms with Gasteiger partial charge in [-0.15, -0.1) is 0 Å². The van der Waals surface area contributed by atoms with Gasteiger partial charge in [0.2, 0.25) is 0 Å². The highest BCUT2D eigenvalue weighted by molar-refractivity contribution is 5.43. The summed E-state index contributed by atoms with van der Waals surface area (Å²) in [7, 11) is 1.62. The fourth-order valence-corrected chi connectivity index (χ4v) is 2.38. The minimum Gasteiger partial charge on any atom is -0.497 e. The van der Waals surface area contributed by atoms with Gasteiger partial charge >= 0.3 is 0 Å². The van der Waals surface area contributed by atoms with E-state index in [1.54, 1.807) is 7.11 Å². The molecule has 1 atom stereocenters. The molecule has 0 saturated carbocycles. The molecule has 0 saturated heterocycles. The average molecular weight is 306 g/mol. The molecule has 1 unspecified atom stereocenters. The molecule has 3 heteroatoms. The predicted octanol–water partition coefficient (Wildman–Crippen LogP) is 4.57. The maximum atomic E-state index is 10.7. The molecule has 1 N–H and O–H groups in total. The molecule has 3 aromatic rings. The van der Waals surface area contributed by atoms with Crippen LogP contribution in [-0.2, 0) is 0 Å². The summed E-state index contributed by atoms with van der Waals surface area (Å²) in [5.41, 5.74) is 1.51. The third-order valence-corrected chi connectivity index (χ3v) is 3.62. The van der Waals surface area contributed by atoms with Crippen molar-refractivity contribution in [2.24, 2.45) is 0 Å². The van der Waals surface area contributed by atoms with Crippen LogP contribution in [0.3, 0.4) is 0 Å². The van der Waals surface area contributed by atoms with E-state index in [1.807, 2.05) is 78.9 Å². The molecule has 3 aromatic carbocycles. The minimum absolute atomic E-state index is 0.641. The second-order valence-electron chi connectivity index (χ2n) is 5.13. The zero-order valence-electron chi connectivity index (χ0n) is 12.8. The third-order valence-electron chi connectivity index (χ3n) is 3.62. The van der Waals surface area contributed by atoms with Crippen molar-refractivity contribution in [2.75, 3.05) is 7.11 Å². The zero-order chi connectivity index (χ0) is 16.1. The minimum atomic E-state index is -0.763. The Hall–Kier alpha value is -2.78. The first-order chi connectivity index (χ1) is 11.3. The van der Waals surface area contributed by atoms with Crippen LogP contribution in [-0.4, -0.2) is 12.2 Å². The molecule has 0 bridgehead atoms. The second kappa shape index (κ2) is 6.99. The molecule has 0 aliphatic rings. The molecule has 0 spiro atoms. The van der Waals surface area contributed by atoms with Gasteiger partial charge < -0.3 is 14.6 Å². The predicted molar refractivity (Wildman–Crippen MR) is 90.0 cm³/mol. The first-order valence-corrected chi connectivity index (χ1v) is 7.42. The molecule has 3 nitrogen and oxygen atoms in total. The fourth-order valence-electron chi connectivity index (χ4n) is 2.38. The summed E-state index contributed by atoms with van der Waals surface area (Å²) < 4.78 is 11.1. The molecule has 0 heterocycles. The fraction of sp³-hybridized carbons (Fsp3) is 0.100. The van der Waals surface area contributed by atoms with Crippen molar-refractivity contribution in [1.29, 1.82) is 0 Å². The van der Waals surface area contributed by atoms with Gasteiger partial charge in [-0.2, -0.15) is 0 Å². The molecule has 23 heavy (non-hydrogen) atoms. The number of aliphatic hydroxyl groups is 1. The zero-order valence-corrected chi connectivity index (χ0v) is 12.8. The van der Waals surface area contributed by atoms with Gasteiger partial charge in [-0.1, -0.05) is 48.5 Å². The van der Waals surface area contributed by atoms with Crippen molar-refractivity contribution < 1.29 is 14.6 Å². The van der Waals surface area contributed by atoms with Crippen molar-refractivity contribution in [2.45, 2.75) is 6.10 Å². The van der Waals surface area contributed by atoms with Crippen LogP contribution in [0, 0.1) is 0 Å². The Bertz CT molecular complexity index is 751. The van der Waals surface area contributed by atoms with Gasteiger partial charge in [0.25, 0.3) is 0 Å². The van der Waals surface area contributed by atoms with E-state index in [0.717, 1.165) is 22.6 Å². The van der Waals surface area contributed by atoms with E-state index in [2.05, 4.69) is 0 Å². The Labute approximate surface area is 135 Å². The number of benzene rings is 3. The van der Waals surface area contributed by atoms with Gasteiger partial charge in [0.1, 0.15) is 23.4 Å². The molecule has 0 aromatic heterocycles. The van der Waals surface area contributed by atoms with Crippen LogP contribution in [0.15, 0.2) is 78.9 Å². The number of methoxy groups -OCH3 is 1. The highest BCUT2D eigenvalue weighted by Gasteiger charge is 2.15. The number of rotatable bonds is 5. The molecule has 0 amide bonds. The van der Waals surface area contributed by atoms with Crippen molar-refractivity contribution in [3.63, 3.8) is 0 Å². The lowest BCUT2D eigenvalue weighted by Crippen LogP contribution is -2.02. The molecule has 3 rings (SSSR count). The highest BCUT2D eigenvalue weighted by atomic mass is 16.5. The Morgan fingerprint density at radius 2 is 1.39 bits per heavy atom. The Morgan fingerprint density at radius 1 is 0.739 bits per heavy atom. The molecular weight excluding hydrogens is 288 g/mol. The SMILES string of the molecule is COc1ccc(C(O)c2ccccc2Oc2ccccc2)cc1. The Kier molecular flexibility index (Phi) is 4.60. The van der Waals surface area contributed by atoms with E-state index >= 15 is 0 Å². The van der Waals surface area contributed by atoms with Gasteiger partial charge in [-0.3, -0.25) is 0 Å². The highest BCUT2D eigenvalue weighted by Crippen LogP contribution is 2.33. The number of ether oxygens (including phenoxy) is 2. The van der Waals surface area contributed by atoms with E-state index in [1.165, 1.54) is 0 Å². The van der Waals surface area contributed by atoms with Crippen LogP contribution in [0.5, 0.6) is 17.2 Å². The Morgan fingerprint density at radius 3 is 2.09 bits per heavy atom. The van der Waals surface area contributed by atoms with Crippen molar-refractivity contribution in [3.8, 4) is 17.2 Å². The van der Waals surface area contributed by atoms with Gasteiger partial charge in [0.15, 0.2) is 0 Å². The first-order valence-electron chi connectivity index (χ1n) is 7.42. The van der Waals surface area contributed by atoms with Crippen molar-refractivity contribution >= 4 is 0 Å². The first kappa shape index (κ1) is 15.1. The molecular formula is C20H18O3. The van der Waals surface area contributed by atoms with Crippen LogP contribution in [0.25, 0.3) is 0 Å². The lowest BCUT2D eigenvalue weighted by atomic mass is 10.0. The standard InChI is InChI=1S/C20H18O3/c1-22-16-13-11-15(12-14-16)20(21)18-9-5-6-10-19(18)23-17-7-3-2-4-8-17/h2-14,20-21H,1H3. The van der Waals surface area contributed by atoms with Crippen molar-refractivity contribution in [3.05, 3.63) is 90.0 Å². The van der Waals surface area contributed by atoms with Crippen LogP contribution >= 0.6 is 0 Å². The third kappa shape index (κ3) is 3.52. The number of para-hydroxylation sites is 2. The lowest BCUT2D eigenvalue weighted by Gasteiger charge is -2.16. The van der Waals surface area contributed by atoms with Crippen molar-refractivity contribution in [1.82, 2.24) is 0 Å².